The van der Waals surface area contributed by atoms with Gasteiger partial charge < -0.3 is 9.47 Å². The molecule has 2 atom stereocenters. The maximum Gasteiger partial charge on any atom is 0.254 e. The largest absolute Gasteiger partial charge is 0.376 e. The van der Waals surface area contributed by atoms with E-state index in [1.54, 1.807) is 18.3 Å². The fraction of sp³-hybridized carbons (Fsp3) is 0.714. The molecule has 1 aliphatic heterocycles. The van der Waals surface area contributed by atoms with E-state index in [-0.39, 0.29) is 12.0 Å². The summed E-state index contributed by atoms with van der Waals surface area (Å²) in [7, 11) is 0. The molecule has 2 heterocycles. The third kappa shape index (κ3) is 3.19. The molecule has 0 aromatic carbocycles. The zero-order chi connectivity index (χ0) is 13.9. The molecule has 3 rings (SSSR count). The second-order valence-electron chi connectivity index (χ2n) is 5.34. The van der Waals surface area contributed by atoms with Gasteiger partial charge in [-0.2, -0.15) is 0 Å². The highest BCUT2D eigenvalue weighted by Gasteiger charge is 2.22. The Morgan fingerprint density at radius 3 is 3.20 bits per heavy atom. The van der Waals surface area contributed by atoms with E-state index in [4.69, 9.17) is 9.47 Å². The monoisotopic (exact) mass is 296 g/mol. The Balaban J connectivity index is 1.47. The van der Waals surface area contributed by atoms with Gasteiger partial charge in [0.05, 0.1) is 18.4 Å². The molecule has 1 saturated heterocycles. The summed E-state index contributed by atoms with van der Waals surface area (Å²) in [6, 6.07) is 0. The summed E-state index contributed by atoms with van der Waals surface area (Å²) in [6.45, 7) is 3.06. The van der Waals surface area contributed by atoms with Crippen LogP contribution in [0.5, 0.6) is 0 Å². The fourth-order valence-corrected chi connectivity index (χ4v) is 3.61. The lowest BCUT2D eigenvalue weighted by molar-refractivity contribution is -0.128. The summed E-state index contributed by atoms with van der Waals surface area (Å²) in [5.74, 6) is -0.129. The number of ether oxygens (including phenoxy) is 2. The summed E-state index contributed by atoms with van der Waals surface area (Å²) in [6.07, 6.45) is 5.09. The van der Waals surface area contributed by atoms with Gasteiger partial charge in [-0.15, -0.1) is 11.3 Å². The molecule has 0 radical (unpaired) electrons. The number of hydrogen-bond donors (Lipinski definition) is 1. The number of amides is 1. The van der Waals surface area contributed by atoms with Crippen molar-refractivity contribution in [1.29, 1.82) is 0 Å². The van der Waals surface area contributed by atoms with Crippen molar-refractivity contribution in [3.63, 3.8) is 0 Å². The first-order valence-electron chi connectivity index (χ1n) is 7.25. The molecule has 1 N–H and O–H groups in total. The smallest absolute Gasteiger partial charge is 0.254 e. The number of nitrogens with zero attached hydrogens (tertiary/aromatic N) is 1. The highest BCUT2D eigenvalue weighted by Crippen LogP contribution is 2.30. The van der Waals surface area contributed by atoms with Crippen molar-refractivity contribution in [1.82, 2.24) is 4.98 Å². The van der Waals surface area contributed by atoms with Crippen LogP contribution < -0.4 is 5.32 Å². The number of aromatic nitrogens is 1. The maximum atomic E-state index is 12.0. The van der Waals surface area contributed by atoms with Gasteiger partial charge in [0.2, 0.25) is 0 Å². The zero-order valence-corrected chi connectivity index (χ0v) is 12.5. The van der Waals surface area contributed by atoms with Crippen molar-refractivity contribution in [2.45, 2.75) is 51.2 Å². The van der Waals surface area contributed by atoms with E-state index in [9.17, 15) is 4.79 Å². The third-order valence-electron chi connectivity index (χ3n) is 3.75. The SMILES string of the molecule is C[C@@H](OC[C@@H]1CCCO1)C(=O)Nc1nc2c(s1)CCC2. The summed E-state index contributed by atoms with van der Waals surface area (Å²) in [4.78, 5) is 17.8. The molecular formula is C14H20N2O3S. The number of carbonyl (C=O) groups excluding carboxylic acids is 1. The Hall–Kier alpha value is -0.980. The lowest BCUT2D eigenvalue weighted by atomic mass is 10.2. The van der Waals surface area contributed by atoms with Gasteiger partial charge >= 0.3 is 0 Å². The van der Waals surface area contributed by atoms with Crippen LogP contribution in [0.3, 0.4) is 0 Å². The minimum atomic E-state index is -0.474. The average molecular weight is 296 g/mol. The summed E-state index contributed by atoms with van der Waals surface area (Å²) in [5.41, 5.74) is 1.15. The minimum Gasteiger partial charge on any atom is -0.376 e. The number of carbonyl (C=O) groups is 1. The average Bonchev–Trinajstić information content (AvgIpc) is 3.11. The normalized spacial score (nSPS) is 22.8. The van der Waals surface area contributed by atoms with Gasteiger partial charge in [0.25, 0.3) is 5.91 Å². The molecule has 1 amide bonds. The van der Waals surface area contributed by atoms with Crippen LogP contribution in [0.15, 0.2) is 0 Å². The van der Waals surface area contributed by atoms with E-state index in [1.807, 2.05) is 0 Å². The highest BCUT2D eigenvalue weighted by atomic mass is 32.1. The van der Waals surface area contributed by atoms with E-state index >= 15 is 0 Å². The van der Waals surface area contributed by atoms with Crippen LogP contribution in [-0.2, 0) is 27.1 Å². The van der Waals surface area contributed by atoms with E-state index in [0.717, 1.165) is 38.0 Å². The molecule has 0 unspecified atom stereocenters. The van der Waals surface area contributed by atoms with Gasteiger partial charge in [0.1, 0.15) is 6.10 Å². The van der Waals surface area contributed by atoms with Crippen molar-refractivity contribution in [3.05, 3.63) is 10.6 Å². The lowest BCUT2D eigenvalue weighted by Gasteiger charge is -2.15. The number of fused-ring (bicyclic) bond motifs is 1. The number of anilines is 1. The van der Waals surface area contributed by atoms with Gasteiger partial charge in [0.15, 0.2) is 5.13 Å². The highest BCUT2D eigenvalue weighted by molar-refractivity contribution is 7.15. The molecule has 1 fully saturated rings. The third-order valence-corrected chi connectivity index (χ3v) is 4.82. The second-order valence-corrected chi connectivity index (χ2v) is 6.43. The van der Waals surface area contributed by atoms with Gasteiger partial charge in [-0.3, -0.25) is 10.1 Å². The van der Waals surface area contributed by atoms with Crippen molar-refractivity contribution in [3.8, 4) is 0 Å². The number of aryl methyl sites for hydroxylation is 2. The molecule has 0 bridgehead atoms. The lowest BCUT2D eigenvalue weighted by Crippen LogP contribution is -2.30. The molecule has 2 aliphatic rings. The van der Waals surface area contributed by atoms with Crippen molar-refractivity contribution < 1.29 is 14.3 Å². The van der Waals surface area contributed by atoms with Crippen molar-refractivity contribution in [2.75, 3.05) is 18.5 Å². The molecule has 1 aromatic heterocycles. The first-order valence-corrected chi connectivity index (χ1v) is 8.06. The van der Waals surface area contributed by atoms with E-state index in [1.165, 1.54) is 11.3 Å². The van der Waals surface area contributed by atoms with Crippen LogP contribution in [0.2, 0.25) is 0 Å². The van der Waals surface area contributed by atoms with Crippen LogP contribution in [-0.4, -0.2) is 36.3 Å². The predicted molar refractivity (Wildman–Crippen MR) is 77.2 cm³/mol. The summed E-state index contributed by atoms with van der Waals surface area (Å²) >= 11 is 1.59. The molecule has 0 saturated carbocycles. The number of nitrogens with one attached hydrogen (secondary N) is 1. The van der Waals surface area contributed by atoms with Crippen molar-refractivity contribution >= 4 is 22.4 Å². The maximum absolute atomic E-state index is 12.0. The number of hydrogen-bond acceptors (Lipinski definition) is 5. The summed E-state index contributed by atoms with van der Waals surface area (Å²) < 4.78 is 11.1. The number of thiazole rings is 1. The Labute approximate surface area is 122 Å². The minimum absolute atomic E-state index is 0.129. The van der Waals surface area contributed by atoms with Crippen molar-refractivity contribution in [2.24, 2.45) is 0 Å². The molecular weight excluding hydrogens is 276 g/mol. The molecule has 1 aliphatic carbocycles. The quantitative estimate of drug-likeness (QED) is 0.904. The fourth-order valence-electron chi connectivity index (χ4n) is 2.55. The first-order chi connectivity index (χ1) is 9.72. The molecule has 0 spiro atoms. The van der Waals surface area contributed by atoms with Crippen LogP contribution in [0.25, 0.3) is 0 Å². The van der Waals surface area contributed by atoms with E-state index < -0.39 is 6.10 Å². The van der Waals surface area contributed by atoms with Crippen LogP contribution >= 0.6 is 11.3 Å². The topological polar surface area (TPSA) is 60.5 Å². The van der Waals surface area contributed by atoms with Crippen LogP contribution in [0.1, 0.15) is 36.8 Å². The van der Waals surface area contributed by atoms with Gasteiger partial charge in [-0.25, -0.2) is 4.98 Å². The van der Waals surface area contributed by atoms with Crippen LogP contribution in [0, 0.1) is 0 Å². The Morgan fingerprint density at radius 2 is 2.45 bits per heavy atom. The number of rotatable bonds is 5. The second kappa shape index (κ2) is 6.20. The molecule has 5 nitrogen and oxygen atoms in total. The van der Waals surface area contributed by atoms with E-state index in [0.29, 0.717) is 11.7 Å². The Bertz CT molecular complexity index is 461. The van der Waals surface area contributed by atoms with E-state index in [2.05, 4.69) is 10.3 Å². The Kier molecular flexibility index (Phi) is 4.33. The first kappa shape index (κ1) is 14.0. The zero-order valence-electron chi connectivity index (χ0n) is 11.7. The van der Waals surface area contributed by atoms with Gasteiger partial charge in [-0.05, 0) is 39.0 Å². The Morgan fingerprint density at radius 1 is 1.55 bits per heavy atom. The summed E-state index contributed by atoms with van der Waals surface area (Å²) in [5, 5.41) is 3.55. The van der Waals surface area contributed by atoms with Gasteiger partial charge in [0, 0.05) is 11.5 Å². The molecule has 1 aromatic rings. The van der Waals surface area contributed by atoms with Crippen LogP contribution in [0.4, 0.5) is 5.13 Å². The standard InChI is InChI=1S/C14H20N2O3S/c1-9(19-8-10-4-3-7-18-10)13(17)16-14-15-11-5-2-6-12(11)20-14/h9-10H,2-8H2,1H3,(H,15,16,17)/t9-,10+/m1/s1. The molecule has 6 heteroatoms. The van der Waals surface area contributed by atoms with Gasteiger partial charge in [-0.1, -0.05) is 0 Å². The predicted octanol–water partition coefficient (Wildman–Crippen LogP) is 2.15. The molecule has 20 heavy (non-hydrogen) atoms. The molecule has 110 valence electrons.